The smallest absolute Gasteiger partial charge is 0.326 e. The Morgan fingerprint density at radius 1 is 1.21 bits per heavy atom. The number of nitro groups is 1. The second kappa shape index (κ2) is 8.89. The number of sulfonamides is 1. The van der Waals surface area contributed by atoms with Crippen LogP contribution in [0.1, 0.15) is 6.92 Å². The Kier molecular flexibility index (Phi) is 6.81. The van der Waals surface area contributed by atoms with Crippen molar-refractivity contribution in [2.45, 2.75) is 11.8 Å². The lowest BCUT2D eigenvalue weighted by molar-refractivity contribution is -0.384. The predicted octanol–water partition coefficient (Wildman–Crippen LogP) is 3.02. The van der Waals surface area contributed by atoms with Crippen LogP contribution in [0.15, 0.2) is 47.4 Å². The highest BCUT2D eigenvalue weighted by Crippen LogP contribution is 2.34. The summed E-state index contributed by atoms with van der Waals surface area (Å²) in [6.45, 7) is 0.904. The fourth-order valence-corrected chi connectivity index (χ4v) is 3.99. The van der Waals surface area contributed by atoms with Gasteiger partial charge >= 0.3 is 5.97 Å². The molecule has 0 unspecified atom stereocenters. The second-order valence-electron chi connectivity index (χ2n) is 5.39. The van der Waals surface area contributed by atoms with Crippen molar-refractivity contribution >= 4 is 39.0 Å². The quantitative estimate of drug-likeness (QED) is 0.360. The molecule has 0 fully saturated rings. The van der Waals surface area contributed by atoms with Crippen molar-refractivity contribution in [2.24, 2.45) is 0 Å². The van der Waals surface area contributed by atoms with Crippen LogP contribution in [-0.2, 0) is 19.6 Å². The number of anilines is 1. The van der Waals surface area contributed by atoms with Crippen molar-refractivity contribution in [3.63, 3.8) is 0 Å². The van der Waals surface area contributed by atoms with Crippen LogP contribution in [0.25, 0.3) is 0 Å². The maximum Gasteiger partial charge on any atom is 0.326 e. The van der Waals surface area contributed by atoms with E-state index < -0.39 is 27.5 Å². The van der Waals surface area contributed by atoms with Crippen LogP contribution < -0.4 is 9.04 Å². The number of esters is 1. The van der Waals surface area contributed by atoms with E-state index in [-0.39, 0.29) is 27.9 Å². The van der Waals surface area contributed by atoms with Gasteiger partial charge < -0.3 is 9.47 Å². The summed E-state index contributed by atoms with van der Waals surface area (Å²) < 4.78 is 36.8. The molecule has 0 saturated carbocycles. The number of halogens is 1. The minimum Gasteiger partial charge on any atom is -0.497 e. The number of ether oxygens (including phenoxy) is 2. The van der Waals surface area contributed by atoms with Crippen molar-refractivity contribution < 1.29 is 27.6 Å². The van der Waals surface area contributed by atoms with Crippen molar-refractivity contribution in [3.8, 4) is 5.75 Å². The van der Waals surface area contributed by atoms with E-state index >= 15 is 0 Å². The van der Waals surface area contributed by atoms with Gasteiger partial charge in [-0.3, -0.25) is 19.2 Å². The molecule has 0 aliphatic rings. The first-order valence-corrected chi connectivity index (χ1v) is 9.78. The van der Waals surface area contributed by atoms with E-state index in [1.165, 1.54) is 37.4 Å². The minimum atomic E-state index is -4.29. The third-order valence-electron chi connectivity index (χ3n) is 3.63. The van der Waals surface area contributed by atoms with Crippen molar-refractivity contribution in [1.29, 1.82) is 0 Å². The van der Waals surface area contributed by atoms with E-state index in [1.54, 1.807) is 6.92 Å². The molecule has 0 aliphatic heterocycles. The van der Waals surface area contributed by atoms with Gasteiger partial charge in [-0.2, -0.15) is 0 Å². The third kappa shape index (κ3) is 4.70. The molecule has 0 amide bonds. The second-order valence-corrected chi connectivity index (χ2v) is 7.65. The highest BCUT2D eigenvalue weighted by atomic mass is 35.5. The molecule has 2 aromatic rings. The Morgan fingerprint density at radius 2 is 1.86 bits per heavy atom. The largest absolute Gasteiger partial charge is 0.497 e. The summed E-state index contributed by atoms with van der Waals surface area (Å²) in [5.74, 6) is -0.397. The molecule has 0 aromatic heterocycles. The monoisotopic (exact) mass is 428 g/mol. The summed E-state index contributed by atoms with van der Waals surface area (Å²) >= 11 is 6.10. The van der Waals surface area contributed by atoms with Crippen LogP contribution in [0.4, 0.5) is 11.4 Å². The summed E-state index contributed by atoms with van der Waals surface area (Å²) in [4.78, 5) is 22.3. The summed E-state index contributed by atoms with van der Waals surface area (Å²) in [7, 11) is -2.86. The first-order chi connectivity index (χ1) is 13.2. The molecule has 2 rings (SSSR count). The molecule has 28 heavy (non-hydrogen) atoms. The molecule has 9 nitrogen and oxygen atoms in total. The average molecular weight is 429 g/mol. The fraction of sp³-hybridized carbons (Fsp3) is 0.235. The first-order valence-electron chi connectivity index (χ1n) is 7.97. The standard InChI is InChI=1S/C17H17ClN2O7S/c1-3-27-17(21)11-19(16-10-12(20(22)23)4-9-15(16)18)28(24,25)14-7-5-13(26-2)6-8-14/h4-10H,3,11H2,1-2H3. The Bertz CT molecular complexity index is 978. The Hall–Kier alpha value is -2.85. The van der Waals surface area contributed by atoms with E-state index in [2.05, 4.69) is 0 Å². The maximum absolute atomic E-state index is 13.2. The molecular weight excluding hydrogens is 412 g/mol. The van der Waals surface area contributed by atoms with Crippen LogP contribution in [0.5, 0.6) is 5.75 Å². The molecule has 0 atom stereocenters. The number of carbonyl (C=O) groups is 1. The maximum atomic E-state index is 13.2. The molecule has 11 heteroatoms. The highest BCUT2D eigenvalue weighted by molar-refractivity contribution is 7.92. The van der Waals surface area contributed by atoms with Crippen molar-refractivity contribution in [2.75, 3.05) is 24.6 Å². The number of hydrogen-bond acceptors (Lipinski definition) is 7. The average Bonchev–Trinajstić information content (AvgIpc) is 2.66. The number of nitrogens with zero attached hydrogens (tertiary/aromatic N) is 2. The molecule has 150 valence electrons. The summed E-state index contributed by atoms with van der Waals surface area (Å²) in [5.41, 5.74) is -0.585. The SMILES string of the molecule is CCOC(=O)CN(c1cc([N+](=O)[O-])ccc1Cl)S(=O)(=O)c1ccc(OC)cc1. The van der Waals surface area contributed by atoms with Gasteiger partial charge in [0.05, 0.1) is 34.2 Å². The Labute approximate surface area is 166 Å². The lowest BCUT2D eigenvalue weighted by atomic mass is 10.3. The van der Waals surface area contributed by atoms with Gasteiger partial charge in [0.1, 0.15) is 12.3 Å². The number of non-ortho nitro benzene ring substituents is 1. The van der Waals surface area contributed by atoms with Crippen molar-refractivity contribution in [3.05, 3.63) is 57.6 Å². The molecular formula is C17H17ClN2O7S. The van der Waals surface area contributed by atoms with Crippen LogP contribution in [0.2, 0.25) is 5.02 Å². The zero-order valence-electron chi connectivity index (χ0n) is 15.0. The normalized spacial score (nSPS) is 11.0. The lowest BCUT2D eigenvalue weighted by Crippen LogP contribution is -2.36. The van der Waals surface area contributed by atoms with Crippen molar-refractivity contribution in [1.82, 2.24) is 0 Å². The van der Waals surface area contributed by atoms with Gasteiger partial charge in [-0.05, 0) is 37.3 Å². The van der Waals surface area contributed by atoms with E-state index in [1.807, 2.05) is 0 Å². The molecule has 0 aliphatic carbocycles. The first kappa shape index (κ1) is 21.5. The molecule has 0 saturated heterocycles. The van der Waals surface area contributed by atoms with Crippen LogP contribution in [-0.4, -0.2) is 39.6 Å². The van der Waals surface area contributed by atoms with Gasteiger partial charge in [-0.15, -0.1) is 0 Å². The Balaban J connectivity index is 2.60. The molecule has 0 bridgehead atoms. The summed E-state index contributed by atoms with van der Waals surface area (Å²) in [6, 6.07) is 8.76. The van der Waals surface area contributed by atoms with Crippen LogP contribution >= 0.6 is 11.6 Å². The van der Waals surface area contributed by atoms with Crippen LogP contribution in [0, 0.1) is 10.1 Å². The fourth-order valence-electron chi connectivity index (χ4n) is 2.30. The van der Waals surface area contributed by atoms with Crippen LogP contribution in [0.3, 0.4) is 0 Å². The predicted molar refractivity (Wildman–Crippen MR) is 102 cm³/mol. The molecule has 0 radical (unpaired) electrons. The number of benzene rings is 2. The van der Waals surface area contributed by atoms with E-state index in [4.69, 9.17) is 21.1 Å². The third-order valence-corrected chi connectivity index (χ3v) is 5.73. The summed E-state index contributed by atoms with van der Waals surface area (Å²) in [6.07, 6.45) is 0. The number of rotatable bonds is 8. The zero-order valence-corrected chi connectivity index (χ0v) is 16.6. The van der Waals surface area contributed by atoms with E-state index in [9.17, 15) is 23.3 Å². The van der Waals surface area contributed by atoms with Gasteiger partial charge in [0, 0.05) is 12.1 Å². The number of nitro benzene ring substituents is 1. The van der Waals surface area contributed by atoms with Gasteiger partial charge in [-0.1, -0.05) is 11.6 Å². The summed E-state index contributed by atoms with van der Waals surface area (Å²) in [5, 5.41) is 11.0. The molecule has 0 N–H and O–H groups in total. The van der Waals surface area contributed by atoms with E-state index in [0.29, 0.717) is 10.1 Å². The van der Waals surface area contributed by atoms with Gasteiger partial charge in [0.25, 0.3) is 15.7 Å². The molecule has 0 heterocycles. The van der Waals surface area contributed by atoms with Gasteiger partial charge in [-0.25, -0.2) is 8.42 Å². The zero-order chi connectivity index (χ0) is 20.9. The number of methoxy groups -OCH3 is 1. The minimum absolute atomic E-state index is 0.0396. The van der Waals surface area contributed by atoms with Gasteiger partial charge in [0.2, 0.25) is 0 Å². The number of hydrogen-bond donors (Lipinski definition) is 0. The molecule has 0 spiro atoms. The lowest BCUT2D eigenvalue weighted by Gasteiger charge is -2.24. The highest BCUT2D eigenvalue weighted by Gasteiger charge is 2.30. The number of carbonyl (C=O) groups excluding carboxylic acids is 1. The van der Waals surface area contributed by atoms with Gasteiger partial charge in [0.15, 0.2) is 0 Å². The molecule has 2 aromatic carbocycles. The Morgan fingerprint density at radius 3 is 2.39 bits per heavy atom. The topological polar surface area (TPSA) is 116 Å². The van der Waals surface area contributed by atoms with E-state index in [0.717, 1.165) is 12.1 Å².